The quantitative estimate of drug-likeness (QED) is 0.920. The van der Waals surface area contributed by atoms with Crippen molar-refractivity contribution in [3.05, 3.63) is 47.0 Å². The highest BCUT2D eigenvalue weighted by Crippen LogP contribution is 2.27. The van der Waals surface area contributed by atoms with Gasteiger partial charge in [-0.1, -0.05) is 17.7 Å². The minimum atomic E-state index is -2.67. The van der Waals surface area contributed by atoms with E-state index in [1.165, 1.54) is 12.4 Å². The molecular weight excluding hydrogens is 278 g/mol. The lowest BCUT2D eigenvalue weighted by Gasteiger charge is -2.12. The predicted molar refractivity (Wildman–Crippen MR) is 65.2 cm³/mol. The minimum Gasteiger partial charge on any atom is -0.485 e. The summed E-state index contributed by atoms with van der Waals surface area (Å²) < 4.78 is 31.3. The van der Waals surface area contributed by atoms with Gasteiger partial charge in [-0.3, -0.25) is 4.57 Å². The summed E-state index contributed by atoms with van der Waals surface area (Å²) in [5, 5.41) is 9.55. The molecule has 0 radical (unpaired) electrons. The molecular formula is C12H11ClF2N2O2. The first-order valence-corrected chi connectivity index (χ1v) is 5.82. The predicted octanol–water partition coefficient (Wildman–Crippen LogP) is 3.00. The lowest BCUT2D eigenvalue weighted by Crippen LogP contribution is -2.08. The zero-order chi connectivity index (χ0) is 13.8. The van der Waals surface area contributed by atoms with Crippen LogP contribution < -0.4 is 4.74 Å². The van der Waals surface area contributed by atoms with Crippen molar-refractivity contribution in [3.63, 3.8) is 0 Å². The highest BCUT2D eigenvalue weighted by molar-refractivity contribution is 6.31. The number of hydrogen-bond donors (Lipinski definition) is 1. The fourth-order valence-corrected chi connectivity index (χ4v) is 1.83. The van der Waals surface area contributed by atoms with Crippen molar-refractivity contribution in [1.29, 1.82) is 0 Å². The molecule has 0 aliphatic heterocycles. The van der Waals surface area contributed by atoms with Crippen molar-refractivity contribution in [2.75, 3.05) is 0 Å². The minimum absolute atomic E-state index is 0.0962. The highest BCUT2D eigenvalue weighted by Gasteiger charge is 2.13. The number of hydrogen-bond acceptors (Lipinski definition) is 3. The van der Waals surface area contributed by atoms with Crippen LogP contribution in [0.25, 0.3) is 0 Å². The van der Waals surface area contributed by atoms with E-state index >= 15 is 0 Å². The Labute approximate surface area is 113 Å². The number of aliphatic hydroxyl groups excluding tert-OH is 1. The van der Waals surface area contributed by atoms with Crippen LogP contribution in [0.2, 0.25) is 5.02 Å². The second-order valence-electron chi connectivity index (χ2n) is 3.69. The number of halogens is 3. The Morgan fingerprint density at radius 3 is 2.89 bits per heavy atom. The number of aliphatic hydroxyl groups is 1. The Balaban J connectivity index is 2.15. The van der Waals surface area contributed by atoms with Crippen LogP contribution in [0.4, 0.5) is 8.78 Å². The summed E-state index contributed by atoms with van der Waals surface area (Å²) in [6, 6.07) is 4.86. The SMILES string of the molecule is OCc1c(Cl)cccc1OCc1nccn1C(F)F. The van der Waals surface area contributed by atoms with Gasteiger partial charge in [0, 0.05) is 23.0 Å². The van der Waals surface area contributed by atoms with Crippen LogP contribution in [0.5, 0.6) is 5.75 Å². The fraction of sp³-hybridized carbons (Fsp3) is 0.250. The van der Waals surface area contributed by atoms with Crippen molar-refractivity contribution in [1.82, 2.24) is 9.55 Å². The molecule has 1 N–H and O–H groups in total. The standard InChI is InChI=1S/C12H11ClF2N2O2/c13-9-2-1-3-10(8(9)6-18)19-7-11-16-4-5-17(11)12(14)15/h1-5,12,18H,6-7H2. The Kier molecular flexibility index (Phi) is 4.34. The van der Waals surface area contributed by atoms with Gasteiger partial charge in [0.2, 0.25) is 0 Å². The molecule has 1 aromatic heterocycles. The second kappa shape index (κ2) is 5.99. The molecule has 0 atom stereocenters. The maximum absolute atomic E-state index is 12.6. The van der Waals surface area contributed by atoms with Crippen molar-refractivity contribution in [2.45, 2.75) is 19.8 Å². The van der Waals surface area contributed by atoms with Gasteiger partial charge in [-0.15, -0.1) is 0 Å². The first-order valence-electron chi connectivity index (χ1n) is 5.44. The number of alkyl halides is 2. The number of benzene rings is 1. The van der Waals surface area contributed by atoms with E-state index < -0.39 is 6.55 Å². The largest absolute Gasteiger partial charge is 0.485 e. The molecule has 2 rings (SSSR count). The monoisotopic (exact) mass is 288 g/mol. The van der Waals surface area contributed by atoms with E-state index in [0.717, 1.165) is 0 Å². The van der Waals surface area contributed by atoms with E-state index in [2.05, 4.69) is 4.98 Å². The normalized spacial score (nSPS) is 11.0. The third kappa shape index (κ3) is 3.02. The summed E-state index contributed by atoms with van der Waals surface area (Å²) in [6.07, 6.45) is 2.45. The summed E-state index contributed by atoms with van der Waals surface area (Å²) in [6.45, 7) is -3.10. The van der Waals surface area contributed by atoms with Crippen LogP contribution in [0, 0.1) is 0 Å². The van der Waals surface area contributed by atoms with Crippen LogP contribution in [0.3, 0.4) is 0 Å². The Morgan fingerprint density at radius 2 is 2.21 bits per heavy atom. The maximum Gasteiger partial charge on any atom is 0.320 e. The molecule has 0 aliphatic carbocycles. The van der Waals surface area contributed by atoms with Gasteiger partial charge in [-0.05, 0) is 12.1 Å². The molecule has 0 unspecified atom stereocenters. The van der Waals surface area contributed by atoms with Gasteiger partial charge in [0.15, 0.2) is 5.82 Å². The zero-order valence-electron chi connectivity index (χ0n) is 9.76. The lowest BCUT2D eigenvalue weighted by atomic mass is 10.2. The van der Waals surface area contributed by atoms with Gasteiger partial charge in [-0.25, -0.2) is 4.98 Å². The van der Waals surface area contributed by atoms with Gasteiger partial charge < -0.3 is 9.84 Å². The molecule has 2 aromatic rings. The fourth-order valence-electron chi connectivity index (χ4n) is 1.60. The van der Waals surface area contributed by atoms with Crippen LogP contribution in [0.15, 0.2) is 30.6 Å². The second-order valence-corrected chi connectivity index (χ2v) is 4.10. The molecule has 0 bridgehead atoms. The van der Waals surface area contributed by atoms with E-state index in [9.17, 15) is 13.9 Å². The number of nitrogens with zero attached hydrogens (tertiary/aromatic N) is 2. The summed E-state index contributed by atoms with van der Waals surface area (Å²) in [7, 11) is 0. The third-order valence-electron chi connectivity index (χ3n) is 2.55. The third-order valence-corrected chi connectivity index (χ3v) is 2.90. The maximum atomic E-state index is 12.6. The molecule has 1 aromatic carbocycles. The molecule has 0 saturated heterocycles. The van der Waals surface area contributed by atoms with Crippen molar-refractivity contribution in [3.8, 4) is 5.75 Å². The van der Waals surface area contributed by atoms with Gasteiger partial charge in [-0.2, -0.15) is 8.78 Å². The van der Waals surface area contributed by atoms with E-state index in [-0.39, 0.29) is 19.0 Å². The summed E-state index contributed by atoms with van der Waals surface area (Å²) in [5.74, 6) is 0.442. The molecule has 0 fully saturated rings. The molecule has 0 saturated carbocycles. The Bertz CT molecular complexity index is 560. The highest BCUT2D eigenvalue weighted by atomic mass is 35.5. The molecule has 1 heterocycles. The van der Waals surface area contributed by atoms with Crippen LogP contribution in [-0.4, -0.2) is 14.7 Å². The van der Waals surface area contributed by atoms with E-state index in [0.29, 0.717) is 20.9 Å². The van der Waals surface area contributed by atoms with Gasteiger partial charge in [0.05, 0.1) is 6.61 Å². The molecule has 19 heavy (non-hydrogen) atoms. The van der Waals surface area contributed by atoms with Crippen LogP contribution in [0.1, 0.15) is 17.9 Å². The number of rotatable bonds is 5. The molecule has 7 heteroatoms. The zero-order valence-corrected chi connectivity index (χ0v) is 10.5. The average Bonchev–Trinajstić information content (AvgIpc) is 2.84. The van der Waals surface area contributed by atoms with E-state index in [1.807, 2.05) is 0 Å². The Hall–Kier alpha value is -1.66. The van der Waals surface area contributed by atoms with Crippen molar-refractivity contribution in [2.24, 2.45) is 0 Å². The van der Waals surface area contributed by atoms with Crippen LogP contribution >= 0.6 is 11.6 Å². The summed E-state index contributed by atoms with van der Waals surface area (Å²) >= 11 is 5.89. The van der Waals surface area contributed by atoms with Gasteiger partial charge in [0.1, 0.15) is 12.4 Å². The molecule has 102 valence electrons. The number of aromatic nitrogens is 2. The molecule has 0 aliphatic rings. The van der Waals surface area contributed by atoms with E-state index in [4.69, 9.17) is 16.3 Å². The van der Waals surface area contributed by atoms with Gasteiger partial charge >= 0.3 is 6.55 Å². The molecule has 4 nitrogen and oxygen atoms in total. The van der Waals surface area contributed by atoms with Gasteiger partial charge in [0.25, 0.3) is 0 Å². The first-order chi connectivity index (χ1) is 9.13. The summed E-state index contributed by atoms with van der Waals surface area (Å²) in [4.78, 5) is 3.79. The van der Waals surface area contributed by atoms with Crippen molar-refractivity contribution >= 4 is 11.6 Å². The molecule has 0 spiro atoms. The van der Waals surface area contributed by atoms with E-state index in [1.54, 1.807) is 18.2 Å². The number of ether oxygens (including phenoxy) is 1. The summed E-state index contributed by atoms with van der Waals surface area (Å²) in [5.41, 5.74) is 0.416. The van der Waals surface area contributed by atoms with Crippen LogP contribution in [-0.2, 0) is 13.2 Å². The topological polar surface area (TPSA) is 47.3 Å². The van der Waals surface area contributed by atoms with Crippen molar-refractivity contribution < 1.29 is 18.6 Å². The lowest BCUT2D eigenvalue weighted by molar-refractivity contribution is 0.0631. The Morgan fingerprint density at radius 1 is 1.42 bits per heavy atom. The smallest absolute Gasteiger partial charge is 0.320 e. The molecule has 0 amide bonds. The number of imidazole rings is 1. The first kappa shape index (κ1) is 13.8. The average molecular weight is 289 g/mol.